The Balaban J connectivity index is 2.32. The molecule has 0 saturated carbocycles. The third-order valence-electron chi connectivity index (χ3n) is 3.23. The summed E-state index contributed by atoms with van der Waals surface area (Å²) in [5.74, 6) is 0. The van der Waals surface area contributed by atoms with Gasteiger partial charge in [-0.2, -0.15) is 0 Å². The van der Waals surface area contributed by atoms with Gasteiger partial charge in [-0.15, -0.1) is 0 Å². The lowest BCUT2D eigenvalue weighted by Crippen LogP contribution is -2.38. The Labute approximate surface area is 110 Å². The van der Waals surface area contributed by atoms with Gasteiger partial charge < -0.3 is 15.3 Å². The van der Waals surface area contributed by atoms with E-state index in [9.17, 15) is 5.11 Å². The van der Waals surface area contributed by atoms with Crippen LogP contribution in [0.5, 0.6) is 0 Å². The molecule has 0 saturated heterocycles. The molecule has 0 aliphatic rings. The number of nitrogens with zero attached hydrogens (tertiary/aromatic N) is 2. The number of hydrogen-bond acceptors (Lipinski definition) is 4. The SMILES string of the molecule is CCN(CC)CC(O)CN[C@H](C)c1ccncc1. The Bertz CT molecular complexity index is 314. The molecule has 0 amide bonds. The topological polar surface area (TPSA) is 48.4 Å². The lowest BCUT2D eigenvalue weighted by molar-refractivity contribution is 0.114. The van der Waals surface area contributed by atoms with E-state index in [-0.39, 0.29) is 12.1 Å². The van der Waals surface area contributed by atoms with Crippen LogP contribution >= 0.6 is 0 Å². The van der Waals surface area contributed by atoms with Gasteiger partial charge in [-0.1, -0.05) is 13.8 Å². The number of pyridine rings is 1. The van der Waals surface area contributed by atoms with Gasteiger partial charge in [0.15, 0.2) is 0 Å². The Morgan fingerprint density at radius 3 is 2.44 bits per heavy atom. The maximum Gasteiger partial charge on any atom is 0.0791 e. The number of hydrogen-bond donors (Lipinski definition) is 2. The van der Waals surface area contributed by atoms with Gasteiger partial charge in [-0.05, 0) is 37.7 Å². The van der Waals surface area contributed by atoms with Crippen molar-refractivity contribution in [2.45, 2.75) is 32.9 Å². The molecule has 2 atom stereocenters. The average Bonchev–Trinajstić information content (AvgIpc) is 2.43. The standard InChI is InChI=1S/C14H25N3O/c1-4-17(5-2)11-14(18)10-16-12(3)13-6-8-15-9-7-13/h6-9,12,14,16,18H,4-5,10-11H2,1-3H3/t12-,14?/m1/s1. The molecule has 0 aliphatic carbocycles. The molecule has 1 aromatic heterocycles. The van der Waals surface area contributed by atoms with Crippen molar-refractivity contribution in [3.63, 3.8) is 0 Å². The van der Waals surface area contributed by atoms with Crippen LogP contribution in [0.4, 0.5) is 0 Å². The lowest BCUT2D eigenvalue weighted by atomic mass is 10.1. The predicted octanol–water partition coefficient (Wildman–Crippen LogP) is 1.43. The van der Waals surface area contributed by atoms with Crippen LogP contribution in [0.3, 0.4) is 0 Å². The van der Waals surface area contributed by atoms with Crippen LogP contribution in [0.15, 0.2) is 24.5 Å². The summed E-state index contributed by atoms with van der Waals surface area (Å²) in [6.07, 6.45) is 3.26. The summed E-state index contributed by atoms with van der Waals surface area (Å²) in [4.78, 5) is 6.23. The van der Waals surface area contributed by atoms with Crippen molar-refractivity contribution in [3.8, 4) is 0 Å². The molecule has 0 spiro atoms. The first-order chi connectivity index (χ1) is 8.67. The van der Waals surface area contributed by atoms with Crippen molar-refractivity contribution >= 4 is 0 Å². The molecule has 18 heavy (non-hydrogen) atoms. The first-order valence-corrected chi connectivity index (χ1v) is 6.71. The molecule has 0 radical (unpaired) electrons. The van der Waals surface area contributed by atoms with E-state index in [1.165, 1.54) is 5.56 Å². The third kappa shape index (κ3) is 5.12. The van der Waals surface area contributed by atoms with Crippen LogP contribution in [0.1, 0.15) is 32.4 Å². The maximum absolute atomic E-state index is 9.96. The second-order valence-corrected chi connectivity index (χ2v) is 4.55. The molecular formula is C14H25N3O. The molecule has 0 aromatic carbocycles. The van der Waals surface area contributed by atoms with Crippen molar-refractivity contribution in [2.24, 2.45) is 0 Å². The molecule has 4 nitrogen and oxygen atoms in total. The second-order valence-electron chi connectivity index (χ2n) is 4.55. The van der Waals surface area contributed by atoms with E-state index in [0.717, 1.165) is 19.6 Å². The zero-order chi connectivity index (χ0) is 13.4. The fourth-order valence-corrected chi connectivity index (χ4v) is 1.93. The van der Waals surface area contributed by atoms with E-state index in [4.69, 9.17) is 0 Å². The molecule has 102 valence electrons. The zero-order valence-electron chi connectivity index (χ0n) is 11.6. The molecular weight excluding hydrogens is 226 g/mol. The van der Waals surface area contributed by atoms with Gasteiger partial charge in [0, 0.05) is 31.5 Å². The molecule has 1 heterocycles. The quantitative estimate of drug-likeness (QED) is 0.734. The summed E-state index contributed by atoms with van der Waals surface area (Å²) in [6.45, 7) is 9.62. The number of aromatic nitrogens is 1. The van der Waals surface area contributed by atoms with E-state index in [1.54, 1.807) is 12.4 Å². The van der Waals surface area contributed by atoms with Gasteiger partial charge in [-0.25, -0.2) is 0 Å². The molecule has 1 aromatic rings. The zero-order valence-corrected chi connectivity index (χ0v) is 11.6. The maximum atomic E-state index is 9.96. The van der Waals surface area contributed by atoms with Gasteiger partial charge >= 0.3 is 0 Å². The molecule has 0 bridgehead atoms. The summed E-state index contributed by atoms with van der Waals surface area (Å²) >= 11 is 0. The van der Waals surface area contributed by atoms with Crippen molar-refractivity contribution < 1.29 is 5.11 Å². The first-order valence-electron chi connectivity index (χ1n) is 6.71. The van der Waals surface area contributed by atoms with Gasteiger partial charge in [0.2, 0.25) is 0 Å². The van der Waals surface area contributed by atoms with Crippen molar-refractivity contribution in [2.75, 3.05) is 26.2 Å². The predicted molar refractivity (Wildman–Crippen MR) is 74.4 cm³/mol. The van der Waals surface area contributed by atoms with E-state index < -0.39 is 0 Å². The average molecular weight is 251 g/mol. The number of rotatable bonds is 8. The summed E-state index contributed by atoms with van der Waals surface area (Å²) in [7, 11) is 0. The van der Waals surface area contributed by atoms with E-state index in [0.29, 0.717) is 6.54 Å². The van der Waals surface area contributed by atoms with Crippen LogP contribution in [-0.2, 0) is 0 Å². The molecule has 4 heteroatoms. The summed E-state index contributed by atoms with van der Waals surface area (Å²) in [5, 5.41) is 13.3. The fourth-order valence-electron chi connectivity index (χ4n) is 1.93. The number of aliphatic hydroxyl groups excluding tert-OH is 1. The number of nitrogens with one attached hydrogen (secondary N) is 1. The second kappa shape index (κ2) is 8.19. The Hall–Kier alpha value is -0.970. The van der Waals surface area contributed by atoms with Crippen molar-refractivity contribution in [3.05, 3.63) is 30.1 Å². The highest BCUT2D eigenvalue weighted by Crippen LogP contribution is 2.09. The highest BCUT2D eigenvalue weighted by atomic mass is 16.3. The minimum absolute atomic E-state index is 0.236. The summed E-state index contributed by atoms with van der Waals surface area (Å²) < 4.78 is 0. The minimum Gasteiger partial charge on any atom is -0.390 e. The summed E-state index contributed by atoms with van der Waals surface area (Å²) in [6, 6.07) is 4.22. The minimum atomic E-state index is -0.325. The summed E-state index contributed by atoms with van der Waals surface area (Å²) in [5.41, 5.74) is 1.19. The fraction of sp³-hybridized carbons (Fsp3) is 0.643. The van der Waals surface area contributed by atoms with E-state index >= 15 is 0 Å². The Kier molecular flexibility index (Phi) is 6.86. The lowest BCUT2D eigenvalue weighted by Gasteiger charge is -2.23. The van der Waals surface area contributed by atoms with Crippen LogP contribution in [0.2, 0.25) is 0 Å². The van der Waals surface area contributed by atoms with Gasteiger partial charge in [0.25, 0.3) is 0 Å². The Morgan fingerprint density at radius 1 is 1.28 bits per heavy atom. The van der Waals surface area contributed by atoms with Gasteiger partial charge in [0.05, 0.1) is 6.10 Å². The normalized spacial score (nSPS) is 14.7. The number of aliphatic hydroxyl groups is 1. The third-order valence-corrected chi connectivity index (χ3v) is 3.23. The highest BCUT2D eigenvalue weighted by Gasteiger charge is 2.11. The molecule has 1 unspecified atom stereocenters. The van der Waals surface area contributed by atoms with Crippen LogP contribution in [0, 0.1) is 0 Å². The van der Waals surface area contributed by atoms with Crippen molar-refractivity contribution in [1.82, 2.24) is 15.2 Å². The molecule has 0 fully saturated rings. The van der Waals surface area contributed by atoms with Gasteiger partial charge in [-0.3, -0.25) is 4.98 Å². The molecule has 0 aliphatic heterocycles. The van der Waals surface area contributed by atoms with E-state index in [1.807, 2.05) is 12.1 Å². The van der Waals surface area contributed by atoms with Crippen LogP contribution in [0.25, 0.3) is 0 Å². The first kappa shape index (κ1) is 15.1. The highest BCUT2D eigenvalue weighted by molar-refractivity contribution is 5.13. The largest absolute Gasteiger partial charge is 0.390 e. The van der Waals surface area contributed by atoms with Crippen LogP contribution in [-0.4, -0.2) is 47.3 Å². The van der Waals surface area contributed by atoms with Crippen LogP contribution < -0.4 is 5.32 Å². The van der Waals surface area contributed by atoms with Gasteiger partial charge in [0.1, 0.15) is 0 Å². The van der Waals surface area contributed by atoms with E-state index in [2.05, 4.69) is 36.0 Å². The van der Waals surface area contributed by atoms with Crippen molar-refractivity contribution in [1.29, 1.82) is 0 Å². The molecule has 1 rings (SSSR count). The Morgan fingerprint density at radius 2 is 1.89 bits per heavy atom. The smallest absolute Gasteiger partial charge is 0.0791 e. The monoisotopic (exact) mass is 251 g/mol. The number of likely N-dealkylation sites (N-methyl/N-ethyl adjacent to an activating group) is 1. The molecule has 2 N–H and O–H groups in total.